The van der Waals surface area contributed by atoms with Crippen molar-refractivity contribution in [1.82, 2.24) is 5.32 Å². The third kappa shape index (κ3) is 1.43. The van der Waals surface area contributed by atoms with E-state index < -0.39 is 0 Å². The largest absolute Gasteiger partial charge is 0.322 e. The highest BCUT2D eigenvalue weighted by atomic mass is 16.1. The van der Waals surface area contributed by atoms with Crippen molar-refractivity contribution in [3.05, 3.63) is 41.5 Å². The Morgan fingerprint density at radius 2 is 2.00 bits per heavy atom. The first-order chi connectivity index (χ1) is 6.83. The molecule has 1 amide bonds. The number of unbranched alkanes of at least 4 members (excludes halogenated alkanes) is 1. The van der Waals surface area contributed by atoms with Crippen LogP contribution in [0.1, 0.15) is 35.7 Å². The van der Waals surface area contributed by atoms with Gasteiger partial charge in [0.25, 0.3) is 5.91 Å². The third-order valence-corrected chi connectivity index (χ3v) is 2.35. The number of allylic oxidation sites excluding steroid dienone is 1. The SMILES string of the molecule is CCC/C=C1/NC(=O)c2ccccc21. The highest BCUT2D eigenvalue weighted by Crippen LogP contribution is 2.24. The lowest BCUT2D eigenvalue weighted by atomic mass is 10.1. The van der Waals surface area contributed by atoms with Gasteiger partial charge in [-0.05, 0) is 12.5 Å². The number of hydrogen-bond donors (Lipinski definition) is 1. The lowest BCUT2D eigenvalue weighted by molar-refractivity contribution is 0.0981. The highest BCUT2D eigenvalue weighted by molar-refractivity contribution is 6.09. The van der Waals surface area contributed by atoms with E-state index in [1.54, 1.807) is 0 Å². The zero-order chi connectivity index (χ0) is 9.97. The maximum absolute atomic E-state index is 11.5. The Kier molecular flexibility index (Phi) is 2.35. The summed E-state index contributed by atoms with van der Waals surface area (Å²) in [5, 5.41) is 2.88. The van der Waals surface area contributed by atoms with E-state index >= 15 is 0 Å². The number of carbonyl (C=O) groups excluding carboxylic acids is 1. The van der Waals surface area contributed by atoms with E-state index in [2.05, 4.69) is 18.3 Å². The van der Waals surface area contributed by atoms with Gasteiger partial charge in [0.2, 0.25) is 0 Å². The molecule has 0 aliphatic carbocycles. The second kappa shape index (κ2) is 3.66. The highest BCUT2D eigenvalue weighted by Gasteiger charge is 2.21. The van der Waals surface area contributed by atoms with Gasteiger partial charge in [-0.15, -0.1) is 0 Å². The predicted octanol–water partition coefficient (Wildman–Crippen LogP) is 2.57. The summed E-state index contributed by atoms with van der Waals surface area (Å²) in [4.78, 5) is 11.5. The topological polar surface area (TPSA) is 29.1 Å². The summed E-state index contributed by atoms with van der Waals surface area (Å²) in [6.45, 7) is 2.12. The first-order valence-corrected chi connectivity index (χ1v) is 4.94. The molecule has 2 nitrogen and oxygen atoms in total. The summed E-state index contributed by atoms with van der Waals surface area (Å²) >= 11 is 0. The van der Waals surface area contributed by atoms with Gasteiger partial charge in [-0.25, -0.2) is 0 Å². The molecule has 1 aliphatic rings. The Hall–Kier alpha value is -1.57. The van der Waals surface area contributed by atoms with Gasteiger partial charge in [-0.3, -0.25) is 4.79 Å². The molecule has 1 aliphatic heterocycles. The van der Waals surface area contributed by atoms with Gasteiger partial charge in [-0.1, -0.05) is 37.6 Å². The molecule has 0 aromatic heterocycles. The molecule has 14 heavy (non-hydrogen) atoms. The molecule has 0 unspecified atom stereocenters. The lowest BCUT2D eigenvalue weighted by Crippen LogP contribution is -2.11. The Bertz CT molecular complexity index is 393. The van der Waals surface area contributed by atoms with E-state index in [0.29, 0.717) is 0 Å². The quantitative estimate of drug-likeness (QED) is 0.757. The summed E-state index contributed by atoms with van der Waals surface area (Å²) in [7, 11) is 0. The molecule has 2 heteroatoms. The molecule has 1 aromatic rings. The van der Waals surface area contributed by atoms with Gasteiger partial charge in [0, 0.05) is 16.8 Å². The monoisotopic (exact) mass is 187 g/mol. The average molecular weight is 187 g/mol. The van der Waals surface area contributed by atoms with Crippen molar-refractivity contribution in [1.29, 1.82) is 0 Å². The fraction of sp³-hybridized carbons (Fsp3) is 0.250. The van der Waals surface area contributed by atoms with Crippen LogP contribution in [-0.2, 0) is 0 Å². The number of rotatable bonds is 2. The smallest absolute Gasteiger partial charge is 0.256 e. The van der Waals surface area contributed by atoms with Gasteiger partial charge >= 0.3 is 0 Å². The van der Waals surface area contributed by atoms with Crippen LogP contribution in [0.15, 0.2) is 30.3 Å². The van der Waals surface area contributed by atoms with Crippen LogP contribution in [0, 0.1) is 0 Å². The van der Waals surface area contributed by atoms with E-state index in [9.17, 15) is 4.79 Å². The number of hydrogen-bond acceptors (Lipinski definition) is 1. The van der Waals surface area contributed by atoms with Crippen LogP contribution in [0.3, 0.4) is 0 Å². The molecular weight excluding hydrogens is 174 g/mol. The standard InChI is InChI=1S/C12H13NO/c1-2-3-8-11-9-6-4-5-7-10(9)12(14)13-11/h4-8H,2-3H2,1H3,(H,13,14)/b11-8+. The maximum atomic E-state index is 11.5. The summed E-state index contributed by atoms with van der Waals surface area (Å²) in [6, 6.07) is 7.69. The van der Waals surface area contributed by atoms with E-state index in [1.807, 2.05) is 24.3 Å². The molecule has 0 atom stereocenters. The maximum Gasteiger partial charge on any atom is 0.256 e. The molecule has 0 spiro atoms. The van der Waals surface area contributed by atoms with Crippen molar-refractivity contribution < 1.29 is 4.79 Å². The van der Waals surface area contributed by atoms with Gasteiger partial charge in [-0.2, -0.15) is 0 Å². The van der Waals surface area contributed by atoms with E-state index in [-0.39, 0.29) is 5.91 Å². The van der Waals surface area contributed by atoms with Gasteiger partial charge in [0.1, 0.15) is 0 Å². The minimum Gasteiger partial charge on any atom is -0.322 e. The van der Waals surface area contributed by atoms with E-state index in [1.165, 1.54) is 0 Å². The molecule has 2 rings (SSSR count). The van der Waals surface area contributed by atoms with Crippen molar-refractivity contribution in [3.63, 3.8) is 0 Å². The summed E-state index contributed by atoms with van der Waals surface area (Å²) in [6.07, 6.45) is 4.19. The molecule has 0 fully saturated rings. The number of benzene rings is 1. The van der Waals surface area contributed by atoms with Gasteiger partial charge < -0.3 is 5.32 Å². The molecule has 0 saturated heterocycles. The van der Waals surface area contributed by atoms with Gasteiger partial charge in [0.15, 0.2) is 0 Å². The van der Waals surface area contributed by atoms with Crippen molar-refractivity contribution in [2.45, 2.75) is 19.8 Å². The zero-order valence-electron chi connectivity index (χ0n) is 8.21. The lowest BCUT2D eigenvalue weighted by Gasteiger charge is -1.98. The minimum absolute atomic E-state index is 0.0166. The number of fused-ring (bicyclic) bond motifs is 1. The first kappa shape index (κ1) is 9.00. The van der Waals surface area contributed by atoms with Crippen molar-refractivity contribution in [2.75, 3.05) is 0 Å². The Labute approximate surface area is 83.6 Å². The fourth-order valence-electron chi connectivity index (χ4n) is 1.62. The second-order valence-electron chi connectivity index (χ2n) is 3.41. The van der Waals surface area contributed by atoms with Gasteiger partial charge in [0.05, 0.1) is 0 Å². The third-order valence-electron chi connectivity index (χ3n) is 2.35. The number of carbonyl (C=O) groups is 1. The molecule has 72 valence electrons. The zero-order valence-corrected chi connectivity index (χ0v) is 8.21. The van der Waals surface area contributed by atoms with E-state index in [0.717, 1.165) is 29.7 Å². The minimum atomic E-state index is 0.0166. The molecule has 0 saturated carbocycles. The predicted molar refractivity (Wildman–Crippen MR) is 56.8 cm³/mol. The van der Waals surface area contributed by atoms with Crippen LogP contribution >= 0.6 is 0 Å². The number of nitrogens with one attached hydrogen (secondary N) is 1. The normalized spacial score (nSPS) is 16.9. The molecule has 1 aromatic carbocycles. The van der Waals surface area contributed by atoms with Crippen LogP contribution in [0.5, 0.6) is 0 Å². The summed E-state index contributed by atoms with van der Waals surface area (Å²) < 4.78 is 0. The van der Waals surface area contributed by atoms with Crippen LogP contribution < -0.4 is 5.32 Å². The molecule has 0 radical (unpaired) electrons. The second-order valence-corrected chi connectivity index (χ2v) is 3.41. The average Bonchev–Trinajstić information content (AvgIpc) is 2.54. The molecular formula is C12H13NO. The van der Waals surface area contributed by atoms with E-state index in [4.69, 9.17) is 0 Å². The fourth-order valence-corrected chi connectivity index (χ4v) is 1.62. The first-order valence-electron chi connectivity index (χ1n) is 4.94. The van der Waals surface area contributed by atoms with Crippen LogP contribution in [0.2, 0.25) is 0 Å². The Balaban J connectivity index is 2.39. The molecule has 1 N–H and O–H groups in total. The Morgan fingerprint density at radius 3 is 2.71 bits per heavy atom. The van der Waals surface area contributed by atoms with Crippen LogP contribution in [0.25, 0.3) is 5.70 Å². The number of amides is 1. The molecule has 0 bridgehead atoms. The van der Waals surface area contributed by atoms with Crippen LogP contribution in [0.4, 0.5) is 0 Å². The van der Waals surface area contributed by atoms with Crippen molar-refractivity contribution in [3.8, 4) is 0 Å². The Morgan fingerprint density at radius 1 is 1.29 bits per heavy atom. The molecule has 1 heterocycles. The van der Waals surface area contributed by atoms with Crippen LogP contribution in [-0.4, -0.2) is 5.91 Å². The van der Waals surface area contributed by atoms with Crippen molar-refractivity contribution >= 4 is 11.6 Å². The van der Waals surface area contributed by atoms with Crippen molar-refractivity contribution in [2.24, 2.45) is 0 Å². The summed E-state index contributed by atoms with van der Waals surface area (Å²) in [5.74, 6) is 0.0166. The summed E-state index contributed by atoms with van der Waals surface area (Å²) in [5.41, 5.74) is 2.79.